The van der Waals surface area contributed by atoms with Gasteiger partial charge in [0.25, 0.3) is 0 Å². The fourth-order valence-corrected chi connectivity index (χ4v) is 2.90. The molecule has 0 spiro atoms. The van der Waals surface area contributed by atoms with E-state index in [9.17, 15) is 9.59 Å². The summed E-state index contributed by atoms with van der Waals surface area (Å²) in [6, 6.07) is 18.0. The largest absolute Gasteiger partial charge is 0.493 e. The van der Waals surface area contributed by atoms with Gasteiger partial charge in [0, 0.05) is 0 Å². The minimum atomic E-state index is -0.998. The molecule has 8 nitrogen and oxygen atoms in total. The normalized spacial score (nSPS) is 10.6. The van der Waals surface area contributed by atoms with E-state index in [1.807, 2.05) is 0 Å². The Morgan fingerprint density at radius 1 is 1.06 bits per heavy atom. The Labute approximate surface area is 189 Å². The van der Waals surface area contributed by atoms with Crippen molar-refractivity contribution in [1.29, 1.82) is 0 Å². The van der Waals surface area contributed by atoms with Crippen molar-refractivity contribution < 1.29 is 24.2 Å². The highest BCUT2D eigenvalue weighted by atomic mass is 35.5. The molecule has 0 fully saturated rings. The van der Waals surface area contributed by atoms with Crippen molar-refractivity contribution in [2.45, 2.75) is 6.61 Å². The van der Waals surface area contributed by atoms with Crippen molar-refractivity contribution in [3.8, 4) is 11.5 Å². The molecule has 164 valence electrons. The average molecular weight is 454 g/mol. The summed E-state index contributed by atoms with van der Waals surface area (Å²) < 4.78 is 11.1. The van der Waals surface area contributed by atoms with Gasteiger partial charge in [0.05, 0.1) is 29.6 Å². The third-order valence-corrected chi connectivity index (χ3v) is 4.59. The van der Waals surface area contributed by atoms with Crippen LogP contribution in [0.3, 0.4) is 0 Å². The van der Waals surface area contributed by atoms with Crippen molar-refractivity contribution in [3.63, 3.8) is 0 Å². The van der Waals surface area contributed by atoms with Crippen LogP contribution in [-0.2, 0) is 6.61 Å². The fraction of sp³-hybridized carbons (Fsp3) is 0.0870. The molecule has 0 aliphatic carbocycles. The zero-order valence-corrected chi connectivity index (χ0v) is 17.8. The van der Waals surface area contributed by atoms with Crippen LogP contribution < -0.4 is 20.2 Å². The molecular weight excluding hydrogens is 434 g/mol. The molecule has 0 saturated heterocycles. The minimum absolute atomic E-state index is 0.175. The SMILES string of the molecule is COc1cc(/C=N/NC(=O)Nc2ccccc2Cl)ccc1OCc1cccc(C(=O)O)c1. The second kappa shape index (κ2) is 10.8. The Hall–Kier alpha value is -4.04. The predicted molar refractivity (Wildman–Crippen MR) is 122 cm³/mol. The second-order valence-electron chi connectivity index (χ2n) is 6.51. The van der Waals surface area contributed by atoms with E-state index >= 15 is 0 Å². The number of carboxylic acids is 1. The number of amides is 2. The molecule has 32 heavy (non-hydrogen) atoms. The maximum Gasteiger partial charge on any atom is 0.339 e. The summed E-state index contributed by atoms with van der Waals surface area (Å²) in [6.45, 7) is 0.175. The quantitative estimate of drug-likeness (QED) is 0.336. The van der Waals surface area contributed by atoms with Gasteiger partial charge in [-0.1, -0.05) is 35.9 Å². The molecule has 0 heterocycles. The van der Waals surface area contributed by atoms with E-state index in [-0.39, 0.29) is 12.2 Å². The van der Waals surface area contributed by atoms with Gasteiger partial charge < -0.3 is 19.9 Å². The van der Waals surface area contributed by atoms with Crippen LogP contribution in [0.4, 0.5) is 10.5 Å². The van der Waals surface area contributed by atoms with E-state index in [0.717, 1.165) is 0 Å². The molecule has 2 amide bonds. The smallest absolute Gasteiger partial charge is 0.339 e. The Balaban J connectivity index is 1.59. The summed E-state index contributed by atoms with van der Waals surface area (Å²) in [5.41, 5.74) is 4.40. The van der Waals surface area contributed by atoms with E-state index < -0.39 is 12.0 Å². The summed E-state index contributed by atoms with van der Waals surface area (Å²) in [5, 5.41) is 16.0. The van der Waals surface area contributed by atoms with Crippen LogP contribution in [0.2, 0.25) is 5.02 Å². The van der Waals surface area contributed by atoms with Gasteiger partial charge >= 0.3 is 12.0 Å². The Bertz CT molecular complexity index is 1150. The van der Waals surface area contributed by atoms with Gasteiger partial charge in [0.1, 0.15) is 6.61 Å². The monoisotopic (exact) mass is 453 g/mol. The number of hydrogen-bond donors (Lipinski definition) is 3. The van der Waals surface area contributed by atoms with Crippen LogP contribution in [0.5, 0.6) is 11.5 Å². The summed E-state index contributed by atoms with van der Waals surface area (Å²) >= 11 is 6.00. The highest BCUT2D eigenvalue weighted by Gasteiger charge is 2.08. The molecule has 0 aliphatic rings. The number of anilines is 1. The number of carboxylic acid groups (broad SMARTS) is 1. The maximum atomic E-state index is 11.9. The number of hydrazone groups is 1. The first kappa shape index (κ1) is 22.6. The lowest BCUT2D eigenvalue weighted by atomic mass is 10.1. The number of aromatic carboxylic acids is 1. The zero-order chi connectivity index (χ0) is 22.9. The van der Waals surface area contributed by atoms with Crippen LogP contribution in [0, 0.1) is 0 Å². The van der Waals surface area contributed by atoms with Gasteiger partial charge in [-0.25, -0.2) is 15.0 Å². The van der Waals surface area contributed by atoms with Gasteiger partial charge in [-0.2, -0.15) is 5.10 Å². The molecule has 9 heteroatoms. The molecule has 0 bridgehead atoms. The van der Waals surface area contributed by atoms with E-state index in [2.05, 4.69) is 15.8 Å². The first-order chi connectivity index (χ1) is 15.5. The number of para-hydroxylation sites is 1. The van der Waals surface area contributed by atoms with E-state index in [0.29, 0.717) is 33.3 Å². The van der Waals surface area contributed by atoms with Crippen LogP contribution in [-0.4, -0.2) is 30.4 Å². The molecule has 3 aromatic carbocycles. The Morgan fingerprint density at radius 2 is 1.88 bits per heavy atom. The number of carbonyl (C=O) groups is 2. The van der Waals surface area contributed by atoms with Crippen LogP contribution in [0.1, 0.15) is 21.5 Å². The summed E-state index contributed by atoms with van der Waals surface area (Å²) in [5.74, 6) is -0.0547. The van der Waals surface area contributed by atoms with Crippen LogP contribution in [0.15, 0.2) is 71.8 Å². The van der Waals surface area contributed by atoms with Gasteiger partial charge in [0.15, 0.2) is 11.5 Å². The molecule has 3 N–H and O–H groups in total. The molecule has 0 aliphatic heterocycles. The lowest BCUT2D eigenvalue weighted by Gasteiger charge is -2.11. The number of rotatable bonds is 8. The number of halogens is 1. The summed E-state index contributed by atoms with van der Waals surface area (Å²) in [7, 11) is 1.50. The number of benzene rings is 3. The third-order valence-electron chi connectivity index (χ3n) is 4.26. The lowest BCUT2D eigenvalue weighted by molar-refractivity contribution is 0.0696. The van der Waals surface area contributed by atoms with E-state index in [1.165, 1.54) is 19.4 Å². The van der Waals surface area contributed by atoms with Crippen molar-refractivity contribution in [2.24, 2.45) is 5.10 Å². The lowest BCUT2D eigenvalue weighted by Crippen LogP contribution is -2.24. The van der Waals surface area contributed by atoms with Crippen molar-refractivity contribution >= 4 is 35.5 Å². The Kier molecular flexibility index (Phi) is 7.66. The van der Waals surface area contributed by atoms with Crippen molar-refractivity contribution in [2.75, 3.05) is 12.4 Å². The molecule has 3 rings (SSSR count). The minimum Gasteiger partial charge on any atom is -0.493 e. The standard InChI is InChI=1S/C23H20ClN3O5/c1-31-21-12-15(13-25-27-23(30)26-19-8-3-2-7-18(19)24)9-10-20(21)32-14-16-5-4-6-17(11-16)22(28)29/h2-13H,14H2,1H3,(H,28,29)(H2,26,27,30)/b25-13+. The molecule has 0 atom stereocenters. The number of ether oxygens (including phenoxy) is 2. The number of carbonyl (C=O) groups excluding carboxylic acids is 1. The highest BCUT2D eigenvalue weighted by Crippen LogP contribution is 2.28. The number of methoxy groups -OCH3 is 1. The first-order valence-electron chi connectivity index (χ1n) is 9.44. The average Bonchev–Trinajstić information content (AvgIpc) is 2.79. The van der Waals surface area contributed by atoms with Crippen molar-refractivity contribution in [1.82, 2.24) is 5.43 Å². The molecule has 0 saturated carbocycles. The van der Waals surface area contributed by atoms with E-state index in [1.54, 1.807) is 60.7 Å². The van der Waals surface area contributed by atoms with Gasteiger partial charge in [0.2, 0.25) is 0 Å². The Morgan fingerprint density at radius 3 is 2.62 bits per heavy atom. The van der Waals surface area contributed by atoms with Gasteiger partial charge in [-0.05, 0) is 53.6 Å². The van der Waals surface area contributed by atoms with E-state index in [4.69, 9.17) is 26.2 Å². The molecule has 0 aromatic heterocycles. The van der Waals surface area contributed by atoms with Gasteiger partial charge in [-0.3, -0.25) is 0 Å². The summed E-state index contributed by atoms with van der Waals surface area (Å²) in [4.78, 5) is 23.0. The number of hydrogen-bond acceptors (Lipinski definition) is 5. The van der Waals surface area contributed by atoms with Crippen LogP contribution in [0.25, 0.3) is 0 Å². The number of urea groups is 1. The van der Waals surface area contributed by atoms with Gasteiger partial charge in [-0.15, -0.1) is 0 Å². The van der Waals surface area contributed by atoms with Crippen LogP contribution >= 0.6 is 11.6 Å². The predicted octanol–water partition coefficient (Wildman–Crippen LogP) is 4.78. The second-order valence-corrected chi connectivity index (χ2v) is 6.92. The first-order valence-corrected chi connectivity index (χ1v) is 9.81. The topological polar surface area (TPSA) is 109 Å². The number of nitrogens with one attached hydrogen (secondary N) is 2. The maximum absolute atomic E-state index is 11.9. The number of nitrogens with zero attached hydrogens (tertiary/aromatic N) is 1. The molecule has 0 radical (unpaired) electrons. The molecule has 0 unspecified atom stereocenters. The highest BCUT2D eigenvalue weighted by molar-refractivity contribution is 6.33. The summed E-state index contributed by atoms with van der Waals surface area (Å²) in [6.07, 6.45) is 1.45. The van der Waals surface area contributed by atoms with Crippen molar-refractivity contribution in [3.05, 3.63) is 88.4 Å². The third kappa shape index (κ3) is 6.23. The zero-order valence-electron chi connectivity index (χ0n) is 17.0. The molecule has 3 aromatic rings. The fourth-order valence-electron chi connectivity index (χ4n) is 2.72. The molecular formula is C23H20ClN3O5.